The Labute approximate surface area is 190 Å². The second-order valence-electron chi connectivity index (χ2n) is 7.59. The predicted octanol–water partition coefficient (Wildman–Crippen LogP) is 3.27. The molecule has 0 unspecified atom stereocenters. The molecule has 172 valence electrons. The molecule has 0 bridgehead atoms. The Bertz CT molecular complexity index is 1090. The zero-order chi connectivity index (χ0) is 24.0. The summed E-state index contributed by atoms with van der Waals surface area (Å²) in [6.07, 6.45) is -0.0148. The van der Waals surface area contributed by atoms with Crippen molar-refractivity contribution in [3.63, 3.8) is 0 Å². The fourth-order valence-corrected chi connectivity index (χ4v) is 3.60. The summed E-state index contributed by atoms with van der Waals surface area (Å²) < 4.78 is 25.0. The third kappa shape index (κ3) is 5.90. The molecule has 3 rings (SSSR count). The number of hydrogen-bond donors (Lipinski definition) is 3. The van der Waals surface area contributed by atoms with E-state index in [1.165, 1.54) is 12.3 Å². The van der Waals surface area contributed by atoms with Gasteiger partial charge < -0.3 is 20.7 Å². The van der Waals surface area contributed by atoms with Crippen LogP contribution >= 0.6 is 0 Å². The van der Waals surface area contributed by atoms with E-state index < -0.39 is 6.43 Å². The van der Waals surface area contributed by atoms with E-state index in [1.807, 2.05) is 6.07 Å². The van der Waals surface area contributed by atoms with Crippen LogP contribution in [0.1, 0.15) is 27.0 Å². The number of anilines is 1. The van der Waals surface area contributed by atoms with Crippen molar-refractivity contribution in [2.24, 2.45) is 0 Å². The average molecular weight is 454 g/mol. The molecule has 1 aromatic carbocycles. The van der Waals surface area contributed by atoms with Crippen molar-refractivity contribution in [2.45, 2.75) is 13.3 Å². The number of pyridine rings is 1. The number of aliphatic hydroxyl groups excluding tert-OH is 1. The Morgan fingerprint density at radius 3 is 2.58 bits per heavy atom. The van der Waals surface area contributed by atoms with Crippen LogP contribution in [0.25, 0.3) is 5.57 Å². The Morgan fingerprint density at radius 1 is 1.30 bits per heavy atom. The van der Waals surface area contributed by atoms with Crippen LogP contribution in [0.3, 0.4) is 0 Å². The molecule has 2 aromatic rings. The van der Waals surface area contributed by atoms with E-state index in [2.05, 4.69) is 10.3 Å². The summed E-state index contributed by atoms with van der Waals surface area (Å²) in [7, 11) is 0. The van der Waals surface area contributed by atoms with Crippen LogP contribution in [0, 0.1) is 23.7 Å². The SMILES string of the molecule is Cc1cc(C#N)ccc1/C(C=N)=C(\O)Nc1ccc(C(=O)N2CCN(CC(F)F)CC2)cn1. The Kier molecular flexibility index (Phi) is 7.69. The smallest absolute Gasteiger partial charge is 0.255 e. The lowest BCUT2D eigenvalue weighted by Crippen LogP contribution is -2.49. The number of alkyl halides is 2. The van der Waals surface area contributed by atoms with Crippen molar-refractivity contribution < 1.29 is 18.7 Å². The third-order valence-corrected chi connectivity index (χ3v) is 5.36. The summed E-state index contributed by atoms with van der Waals surface area (Å²) >= 11 is 0. The van der Waals surface area contributed by atoms with Gasteiger partial charge >= 0.3 is 0 Å². The van der Waals surface area contributed by atoms with Crippen LogP contribution in [-0.4, -0.2) is 71.2 Å². The number of rotatable bonds is 7. The largest absolute Gasteiger partial charge is 0.494 e. The number of hydrogen-bond acceptors (Lipinski definition) is 7. The molecule has 3 N–H and O–H groups in total. The number of aromatic nitrogens is 1. The first kappa shape index (κ1) is 23.8. The van der Waals surface area contributed by atoms with Crippen LogP contribution in [0.5, 0.6) is 0 Å². The number of benzene rings is 1. The lowest BCUT2D eigenvalue weighted by Gasteiger charge is -2.34. The third-order valence-electron chi connectivity index (χ3n) is 5.36. The van der Waals surface area contributed by atoms with Gasteiger partial charge in [0.15, 0.2) is 5.88 Å². The van der Waals surface area contributed by atoms with E-state index in [1.54, 1.807) is 41.0 Å². The first-order valence-electron chi connectivity index (χ1n) is 10.3. The maximum atomic E-state index is 12.7. The van der Waals surface area contributed by atoms with Gasteiger partial charge in [-0.05, 0) is 42.3 Å². The van der Waals surface area contributed by atoms with Gasteiger partial charge in [0.1, 0.15) is 5.82 Å². The lowest BCUT2D eigenvalue weighted by atomic mass is 9.99. The maximum Gasteiger partial charge on any atom is 0.255 e. The monoisotopic (exact) mass is 454 g/mol. The van der Waals surface area contributed by atoms with Crippen molar-refractivity contribution in [1.82, 2.24) is 14.8 Å². The highest BCUT2D eigenvalue weighted by Crippen LogP contribution is 2.22. The Morgan fingerprint density at radius 2 is 2.03 bits per heavy atom. The van der Waals surface area contributed by atoms with Crippen molar-refractivity contribution in [3.05, 3.63) is 64.7 Å². The molecule has 1 aromatic heterocycles. The van der Waals surface area contributed by atoms with Gasteiger partial charge in [0.25, 0.3) is 12.3 Å². The summed E-state index contributed by atoms with van der Waals surface area (Å²) in [5.74, 6) is -0.255. The summed E-state index contributed by atoms with van der Waals surface area (Å²) in [6, 6.07) is 10.1. The molecule has 0 saturated carbocycles. The van der Waals surface area contributed by atoms with E-state index in [9.17, 15) is 18.7 Å². The lowest BCUT2D eigenvalue weighted by molar-refractivity contribution is 0.0458. The number of piperazine rings is 1. The number of aryl methyl sites for hydroxylation is 1. The van der Waals surface area contributed by atoms with Crippen LogP contribution in [0.4, 0.5) is 14.6 Å². The number of carbonyl (C=O) groups is 1. The molecule has 0 atom stereocenters. The molecule has 1 aliphatic rings. The highest BCUT2D eigenvalue weighted by molar-refractivity contribution is 6.10. The maximum absolute atomic E-state index is 12.7. The van der Waals surface area contributed by atoms with Crippen molar-refractivity contribution in [1.29, 1.82) is 10.7 Å². The van der Waals surface area contributed by atoms with E-state index in [0.29, 0.717) is 42.9 Å². The standard InChI is InChI=1S/C23H24F2N6O2/c1-15-10-16(11-26)2-4-18(15)19(12-27)22(32)29-21-5-3-17(13-28-21)23(33)31-8-6-30(7-9-31)14-20(24)25/h2-5,10,12-13,20,27,32H,6-9,14H2,1H3,(H,28,29)/b22-19-,27-12?. The second-order valence-corrected chi connectivity index (χ2v) is 7.59. The quantitative estimate of drug-likeness (QED) is 0.437. The molecular weight excluding hydrogens is 430 g/mol. The topological polar surface area (TPSA) is 116 Å². The van der Waals surface area contributed by atoms with Gasteiger partial charge in [-0.1, -0.05) is 6.07 Å². The van der Waals surface area contributed by atoms with Crippen molar-refractivity contribution >= 4 is 23.5 Å². The number of allylic oxidation sites excluding steroid dienone is 1. The first-order valence-corrected chi connectivity index (χ1v) is 10.3. The minimum Gasteiger partial charge on any atom is -0.494 e. The molecule has 1 fully saturated rings. The number of aliphatic hydroxyl groups is 1. The minimum absolute atomic E-state index is 0.223. The van der Waals surface area contributed by atoms with Crippen molar-refractivity contribution in [2.75, 3.05) is 38.0 Å². The van der Waals surface area contributed by atoms with E-state index in [4.69, 9.17) is 10.7 Å². The van der Waals surface area contributed by atoms with Crippen LogP contribution < -0.4 is 5.32 Å². The van der Waals surface area contributed by atoms with Crippen LogP contribution in [-0.2, 0) is 0 Å². The number of halogens is 2. The van der Waals surface area contributed by atoms with Gasteiger partial charge in [-0.3, -0.25) is 9.69 Å². The molecule has 0 spiro atoms. The van der Waals surface area contributed by atoms with Crippen LogP contribution in [0.2, 0.25) is 0 Å². The van der Waals surface area contributed by atoms with E-state index in [-0.39, 0.29) is 29.7 Å². The number of carbonyl (C=O) groups excluding carboxylic acids is 1. The highest BCUT2D eigenvalue weighted by atomic mass is 19.3. The summed E-state index contributed by atoms with van der Waals surface area (Å²) in [4.78, 5) is 20.1. The van der Waals surface area contributed by atoms with Gasteiger partial charge in [-0.2, -0.15) is 5.26 Å². The number of nitrogens with one attached hydrogen (secondary N) is 2. The Hall–Kier alpha value is -3.84. The number of nitrogens with zero attached hydrogens (tertiary/aromatic N) is 4. The van der Waals surface area contributed by atoms with Gasteiger partial charge in [0.2, 0.25) is 0 Å². The molecule has 8 nitrogen and oxygen atoms in total. The van der Waals surface area contributed by atoms with E-state index in [0.717, 1.165) is 11.8 Å². The predicted molar refractivity (Wildman–Crippen MR) is 120 cm³/mol. The van der Waals surface area contributed by atoms with Gasteiger partial charge in [-0.25, -0.2) is 13.8 Å². The fraction of sp³-hybridized carbons (Fsp3) is 0.304. The molecule has 1 aliphatic heterocycles. The molecule has 0 radical (unpaired) electrons. The first-order chi connectivity index (χ1) is 15.8. The van der Waals surface area contributed by atoms with Gasteiger partial charge in [-0.15, -0.1) is 0 Å². The van der Waals surface area contributed by atoms with Gasteiger partial charge in [0, 0.05) is 38.6 Å². The van der Waals surface area contributed by atoms with Gasteiger partial charge in [0.05, 0.1) is 29.3 Å². The molecular formula is C23H24F2N6O2. The normalized spacial score (nSPS) is 15.1. The van der Waals surface area contributed by atoms with E-state index >= 15 is 0 Å². The molecule has 33 heavy (non-hydrogen) atoms. The zero-order valence-corrected chi connectivity index (χ0v) is 18.1. The summed E-state index contributed by atoms with van der Waals surface area (Å²) in [5, 5.41) is 29.9. The molecule has 10 heteroatoms. The molecule has 0 aliphatic carbocycles. The minimum atomic E-state index is -2.39. The Balaban J connectivity index is 1.68. The molecule has 1 amide bonds. The average Bonchev–Trinajstić information content (AvgIpc) is 2.80. The second kappa shape index (κ2) is 10.7. The summed E-state index contributed by atoms with van der Waals surface area (Å²) in [5.41, 5.74) is 2.36. The molecule has 1 saturated heterocycles. The fourth-order valence-electron chi connectivity index (χ4n) is 3.60. The number of nitriles is 1. The summed E-state index contributed by atoms with van der Waals surface area (Å²) in [6.45, 7) is 3.00. The zero-order valence-electron chi connectivity index (χ0n) is 18.1. The molecule has 2 heterocycles. The van der Waals surface area contributed by atoms with Crippen molar-refractivity contribution in [3.8, 4) is 6.07 Å². The number of amides is 1. The van der Waals surface area contributed by atoms with Crippen LogP contribution in [0.15, 0.2) is 42.4 Å². The highest BCUT2D eigenvalue weighted by Gasteiger charge is 2.24.